The fraction of sp³-hybridized carbons (Fsp3) is 0.818. The molecule has 0 aliphatic heterocycles. The van der Waals surface area contributed by atoms with Crippen LogP contribution in [0.5, 0.6) is 0 Å². The van der Waals surface area contributed by atoms with Gasteiger partial charge in [-0.25, -0.2) is 4.79 Å². The molecular weight excluding hydrogens is 328 g/mol. The zero-order valence-electron chi connectivity index (χ0n) is 17.4. The summed E-state index contributed by atoms with van der Waals surface area (Å²) in [6, 6.07) is 0. The lowest BCUT2D eigenvalue weighted by Crippen LogP contribution is -2.10. The van der Waals surface area contributed by atoms with Crippen LogP contribution in [0.25, 0.3) is 0 Å². The number of allylic oxidation sites excluding steroid dienone is 1. The first kappa shape index (κ1) is 24.7. The van der Waals surface area contributed by atoms with E-state index in [1.54, 1.807) is 6.08 Å². The van der Waals surface area contributed by atoms with Gasteiger partial charge in [0.2, 0.25) is 0 Å². The first-order chi connectivity index (χ1) is 12.4. The molecule has 152 valence electrons. The van der Waals surface area contributed by atoms with Gasteiger partial charge in [-0.1, -0.05) is 57.4 Å². The van der Waals surface area contributed by atoms with E-state index in [1.807, 2.05) is 33.8 Å². The van der Waals surface area contributed by atoms with Gasteiger partial charge in [0, 0.05) is 12.5 Å². The van der Waals surface area contributed by atoms with Crippen LogP contribution in [0.3, 0.4) is 0 Å². The monoisotopic (exact) mass is 368 g/mol. The lowest BCUT2D eigenvalue weighted by atomic mass is 10.1. The number of rotatable bonds is 16. The topological polar surface area (TPSA) is 52.6 Å². The van der Waals surface area contributed by atoms with Crippen molar-refractivity contribution < 1.29 is 19.1 Å². The predicted octanol–water partition coefficient (Wildman–Crippen LogP) is 6.13. The standard InChI is InChI=1S/C22H40O4/c1-19(2)25-21(23)17-15-13-11-9-7-5-6-8-10-12-14-16-18-22(24)26-20(3)4/h15,17,19-20H,5-14,16,18H2,1-4H3/b17-15+. The number of ether oxygens (including phenoxy) is 2. The number of hydrogen-bond acceptors (Lipinski definition) is 4. The summed E-state index contributed by atoms with van der Waals surface area (Å²) in [6.45, 7) is 7.49. The van der Waals surface area contributed by atoms with Gasteiger partial charge in [-0.05, 0) is 47.0 Å². The average Bonchev–Trinajstić information content (AvgIpc) is 2.53. The van der Waals surface area contributed by atoms with Gasteiger partial charge < -0.3 is 9.47 Å². The van der Waals surface area contributed by atoms with Crippen LogP contribution < -0.4 is 0 Å². The molecule has 0 rings (SSSR count). The molecule has 0 unspecified atom stereocenters. The summed E-state index contributed by atoms with van der Waals surface area (Å²) in [7, 11) is 0. The summed E-state index contributed by atoms with van der Waals surface area (Å²) in [5, 5.41) is 0. The van der Waals surface area contributed by atoms with Gasteiger partial charge in [-0.15, -0.1) is 0 Å². The lowest BCUT2D eigenvalue weighted by molar-refractivity contribution is -0.147. The highest BCUT2D eigenvalue weighted by atomic mass is 16.5. The SMILES string of the molecule is CC(C)OC(=O)/C=C/CCCCCCCCCCCCC(=O)OC(C)C. The van der Waals surface area contributed by atoms with E-state index in [0.29, 0.717) is 6.42 Å². The van der Waals surface area contributed by atoms with Crippen molar-refractivity contribution in [2.24, 2.45) is 0 Å². The zero-order chi connectivity index (χ0) is 19.6. The number of carbonyl (C=O) groups excluding carboxylic acids is 2. The molecule has 0 radical (unpaired) electrons. The third kappa shape index (κ3) is 19.0. The van der Waals surface area contributed by atoms with E-state index in [-0.39, 0.29) is 24.1 Å². The molecule has 4 heteroatoms. The van der Waals surface area contributed by atoms with Crippen molar-refractivity contribution in [3.63, 3.8) is 0 Å². The first-order valence-corrected chi connectivity index (χ1v) is 10.5. The predicted molar refractivity (Wildman–Crippen MR) is 107 cm³/mol. The molecule has 4 nitrogen and oxygen atoms in total. The average molecular weight is 369 g/mol. The summed E-state index contributed by atoms with van der Waals surface area (Å²) in [6.07, 6.45) is 17.0. The molecule has 0 fully saturated rings. The number of esters is 2. The molecule has 0 aromatic carbocycles. The second-order valence-electron chi connectivity index (χ2n) is 7.50. The van der Waals surface area contributed by atoms with Gasteiger partial charge >= 0.3 is 11.9 Å². The van der Waals surface area contributed by atoms with Gasteiger partial charge in [0.25, 0.3) is 0 Å². The highest BCUT2D eigenvalue weighted by Crippen LogP contribution is 2.12. The molecule has 0 atom stereocenters. The normalized spacial score (nSPS) is 11.5. The molecule has 0 aliphatic rings. The molecule has 0 saturated carbocycles. The fourth-order valence-corrected chi connectivity index (χ4v) is 2.72. The minimum atomic E-state index is -0.239. The van der Waals surface area contributed by atoms with E-state index in [4.69, 9.17) is 9.47 Å². The van der Waals surface area contributed by atoms with E-state index in [0.717, 1.165) is 25.7 Å². The van der Waals surface area contributed by atoms with Gasteiger partial charge in [0.1, 0.15) is 0 Å². The Morgan fingerprint density at radius 3 is 1.65 bits per heavy atom. The van der Waals surface area contributed by atoms with Crippen LogP contribution in [0.15, 0.2) is 12.2 Å². The summed E-state index contributed by atoms with van der Waals surface area (Å²) >= 11 is 0. The van der Waals surface area contributed by atoms with Crippen molar-refractivity contribution in [2.45, 2.75) is 117 Å². The van der Waals surface area contributed by atoms with Crippen LogP contribution in [0.1, 0.15) is 105 Å². The Balaban J connectivity index is 3.26. The maximum atomic E-state index is 11.4. The number of hydrogen-bond donors (Lipinski definition) is 0. The molecule has 0 aromatic rings. The van der Waals surface area contributed by atoms with E-state index in [9.17, 15) is 9.59 Å². The minimum absolute atomic E-state index is 0.0000874. The quantitative estimate of drug-likeness (QED) is 0.187. The lowest BCUT2D eigenvalue weighted by Gasteiger charge is -2.07. The van der Waals surface area contributed by atoms with Crippen molar-refractivity contribution >= 4 is 11.9 Å². The van der Waals surface area contributed by atoms with Crippen LogP contribution in [0.4, 0.5) is 0 Å². The largest absolute Gasteiger partial charge is 0.463 e. The van der Waals surface area contributed by atoms with E-state index in [1.165, 1.54) is 44.9 Å². The molecule has 0 saturated heterocycles. The molecule has 0 heterocycles. The summed E-state index contributed by atoms with van der Waals surface area (Å²) in [4.78, 5) is 22.7. The van der Waals surface area contributed by atoms with Gasteiger partial charge in [-0.2, -0.15) is 0 Å². The van der Waals surface area contributed by atoms with Crippen LogP contribution in [0.2, 0.25) is 0 Å². The fourth-order valence-electron chi connectivity index (χ4n) is 2.72. The van der Waals surface area contributed by atoms with Crippen molar-refractivity contribution in [3.05, 3.63) is 12.2 Å². The summed E-state index contributed by atoms with van der Waals surface area (Å²) < 4.78 is 10.2. The molecule has 0 aliphatic carbocycles. The van der Waals surface area contributed by atoms with Crippen LogP contribution in [-0.4, -0.2) is 24.1 Å². The van der Waals surface area contributed by atoms with Crippen molar-refractivity contribution in [1.29, 1.82) is 0 Å². The highest BCUT2D eigenvalue weighted by molar-refractivity contribution is 5.81. The second-order valence-corrected chi connectivity index (χ2v) is 7.50. The molecule has 0 bridgehead atoms. The highest BCUT2D eigenvalue weighted by Gasteiger charge is 2.04. The smallest absolute Gasteiger partial charge is 0.330 e. The Hall–Kier alpha value is -1.32. The van der Waals surface area contributed by atoms with Crippen molar-refractivity contribution in [3.8, 4) is 0 Å². The van der Waals surface area contributed by atoms with E-state index < -0.39 is 0 Å². The Morgan fingerprint density at radius 1 is 0.692 bits per heavy atom. The molecule has 0 spiro atoms. The third-order valence-corrected chi connectivity index (χ3v) is 3.97. The van der Waals surface area contributed by atoms with Crippen LogP contribution >= 0.6 is 0 Å². The maximum absolute atomic E-state index is 11.4. The first-order valence-electron chi connectivity index (χ1n) is 10.5. The molecular formula is C22H40O4. The van der Waals surface area contributed by atoms with E-state index in [2.05, 4.69) is 0 Å². The van der Waals surface area contributed by atoms with Gasteiger partial charge in [0.15, 0.2) is 0 Å². The van der Waals surface area contributed by atoms with Crippen molar-refractivity contribution in [1.82, 2.24) is 0 Å². The second kappa shape index (κ2) is 17.1. The molecule has 0 N–H and O–H groups in total. The molecule has 0 aromatic heterocycles. The van der Waals surface area contributed by atoms with Crippen LogP contribution in [0, 0.1) is 0 Å². The van der Waals surface area contributed by atoms with Crippen LogP contribution in [-0.2, 0) is 19.1 Å². The minimum Gasteiger partial charge on any atom is -0.463 e. The van der Waals surface area contributed by atoms with Crippen molar-refractivity contribution in [2.75, 3.05) is 0 Å². The summed E-state index contributed by atoms with van der Waals surface area (Å²) in [5.74, 6) is -0.302. The Labute approximate surface area is 160 Å². The Bertz CT molecular complexity index is 386. The number of unbranched alkanes of at least 4 members (excludes halogenated alkanes) is 10. The molecule has 0 amide bonds. The van der Waals surface area contributed by atoms with Gasteiger partial charge in [-0.3, -0.25) is 4.79 Å². The summed E-state index contributed by atoms with van der Waals surface area (Å²) in [5.41, 5.74) is 0. The Kier molecular flexibility index (Phi) is 16.2. The third-order valence-electron chi connectivity index (χ3n) is 3.97. The zero-order valence-corrected chi connectivity index (χ0v) is 17.4. The maximum Gasteiger partial charge on any atom is 0.330 e. The Morgan fingerprint density at radius 2 is 1.15 bits per heavy atom. The van der Waals surface area contributed by atoms with E-state index >= 15 is 0 Å². The molecule has 26 heavy (non-hydrogen) atoms. The number of carbonyl (C=O) groups is 2. The van der Waals surface area contributed by atoms with Gasteiger partial charge in [0.05, 0.1) is 12.2 Å².